The van der Waals surface area contributed by atoms with E-state index < -0.39 is 0 Å². The summed E-state index contributed by atoms with van der Waals surface area (Å²) in [4.78, 5) is 12.3. The fourth-order valence-corrected chi connectivity index (χ4v) is 2.83. The fraction of sp³-hybridized carbons (Fsp3) is 0.316. The largest absolute Gasteiger partial charge is 0.494 e. The standard InChI is InChI=1S/C19H20ClNO4/c1-2-23-16-6-4-3-5-13(16)7-8-19(22)21-15-12-18-17(11-14(15)20)24-9-10-25-18/h3-6,11-12H,2,7-10H2,1H3,(H,21,22). The molecule has 1 amide bonds. The smallest absolute Gasteiger partial charge is 0.224 e. The number of carbonyl (C=O) groups excluding carboxylic acids is 1. The normalized spacial score (nSPS) is 12.6. The number of hydrogen-bond acceptors (Lipinski definition) is 4. The summed E-state index contributed by atoms with van der Waals surface area (Å²) >= 11 is 6.22. The van der Waals surface area contributed by atoms with Crippen molar-refractivity contribution >= 4 is 23.2 Å². The minimum Gasteiger partial charge on any atom is -0.494 e. The molecule has 132 valence electrons. The van der Waals surface area contributed by atoms with Gasteiger partial charge in [-0.3, -0.25) is 4.79 Å². The fourth-order valence-electron chi connectivity index (χ4n) is 2.63. The van der Waals surface area contributed by atoms with E-state index >= 15 is 0 Å². The molecule has 0 radical (unpaired) electrons. The van der Waals surface area contributed by atoms with E-state index in [4.69, 9.17) is 25.8 Å². The van der Waals surface area contributed by atoms with E-state index in [0.29, 0.717) is 54.9 Å². The van der Waals surface area contributed by atoms with Gasteiger partial charge in [0, 0.05) is 18.6 Å². The van der Waals surface area contributed by atoms with Crippen molar-refractivity contribution < 1.29 is 19.0 Å². The van der Waals surface area contributed by atoms with Crippen LogP contribution in [0.3, 0.4) is 0 Å². The predicted octanol–water partition coefficient (Wildman–Crippen LogP) is 4.08. The lowest BCUT2D eigenvalue weighted by Crippen LogP contribution is -2.17. The highest BCUT2D eigenvalue weighted by atomic mass is 35.5. The highest BCUT2D eigenvalue weighted by Gasteiger charge is 2.16. The number of halogens is 1. The predicted molar refractivity (Wildman–Crippen MR) is 97.0 cm³/mol. The average molecular weight is 362 g/mol. The van der Waals surface area contributed by atoms with Gasteiger partial charge in [-0.1, -0.05) is 29.8 Å². The third-order valence-corrected chi connectivity index (χ3v) is 4.11. The molecule has 1 aliphatic rings. The number of hydrogen-bond donors (Lipinski definition) is 1. The molecular weight excluding hydrogens is 342 g/mol. The van der Waals surface area contributed by atoms with E-state index in [1.807, 2.05) is 31.2 Å². The Kier molecular flexibility index (Phi) is 5.66. The first kappa shape index (κ1) is 17.4. The Hall–Kier alpha value is -2.40. The molecule has 0 atom stereocenters. The van der Waals surface area contributed by atoms with Crippen LogP contribution in [0.4, 0.5) is 5.69 Å². The maximum Gasteiger partial charge on any atom is 0.224 e. The third kappa shape index (κ3) is 4.37. The third-order valence-electron chi connectivity index (χ3n) is 3.80. The molecule has 0 aliphatic carbocycles. The Morgan fingerprint density at radius 1 is 1.20 bits per heavy atom. The van der Waals surface area contributed by atoms with E-state index in [9.17, 15) is 4.79 Å². The van der Waals surface area contributed by atoms with Crippen LogP contribution in [-0.2, 0) is 11.2 Å². The van der Waals surface area contributed by atoms with Crippen molar-refractivity contribution in [3.8, 4) is 17.2 Å². The van der Waals surface area contributed by atoms with Crippen molar-refractivity contribution in [2.75, 3.05) is 25.1 Å². The maximum atomic E-state index is 12.3. The molecule has 3 rings (SSSR count). The summed E-state index contributed by atoms with van der Waals surface area (Å²) < 4.78 is 16.6. The van der Waals surface area contributed by atoms with Gasteiger partial charge in [-0.15, -0.1) is 0 Å². The second-order valence-corrected chi connectivity index (χ2v) is 5.97. The molecule has 0 fully saturated rings. The molecule has 2 aromatic carbocycles. The lowest BCUT2D eigenvalue weighted by Gasteiger charge is -2.20. The number of amides is 1. The first-order chi connectivity index (χ1) is 12.2. The molecule has 6 heteroatoms. The van der Waals surface area contributed by atoms with Crippen LogP contribution in [0.25, 0.3) is 0 Å². The van der Waals surface area contributed by atoms with Crippen molar-refractivity contribution in [1.29, 1.82) is 0 Å². The quantitative estimate of drug-likeness (QED) is 0.842. The molecule has 25 heavy (non-hydrogen) atoms. The molecule has 2 aromatic rings. The number of anilines is 1. The van der Waals surface area contributed by atoms with Crippen molar-refractivity contribution in [1.82, 2.24) is 0 Å². The van der Waals surface area contributed by atoms with Gasteiger partial charge in [-0.25, -0.2) is 0 Å². The zero-order valence-electron chi connectivity index (χ0n) is 14.0. The Balaban J connectivity index is 1.63. The molecule has 0 unspecified atom stereocenters. The highest BCUT2D eigenvalue weighted by molar-refractivity contribution is 6.34. The second kappa shape index (κ2) is 8.12. The molecule has 1 N–H and O–H groups in total. The van der Waals surface area contributed by atoms with Gasteiger partial charge < -0.3 is 19.5 Å². The van der Waals surface area contributed by atoms with Crippen molar-refractivity contribution in [2.24, 2.45) is 0 Å². The summed E-state index contributed by atoms with van der Waals surface area (Å²) in [5.74, 6) is 1.88. The van der Waals surface area contributed by atoms with E-state index in [2.05, 4.69) is 5.32 Å². The van der Waals surface area contributed by atoms with E-state index in [1.54, 1.807) is 12.1 Å². The van der Waals surface area contributed by atoms with Crippen molar-refractivity contribution in [3.05, 3.63) is 47.0 Å². The number of fused-ring (bicyclic) bond motifs is 1. The monoisotopic (exact) mass is 361 g/mol. The van der Waals surface area contributed by atoms with Crippen LogP contribution in [0.2, 0.25) is 5.02 Å². The van der Waals surface area contributed by atoms with Gasteiger partial charge in [0.25, 0.3) is 0 Å². The maximum absolute atomic E-state index is 12.3. The Morgan fingerprint density at radius 2 is 1.92 bits per heavy atom. The first-order valence-electron chi connectivity index (χ1n) is 8.27. The van der Waals surface area contributed by atoms with Crippen LogP contribution in [-0.4, -0.2) is 25.7 Å². The van der Waals surface area contributed by atoms with E-state index in [0.717, 1.165) is 11.3 Å². The van der Waals surface area contributed by atoms with Crippen LogP contribution in [0.15, 0.2) is 36.4 Å². The van der Waals surface area contributed by atoms with Gasteiger partial charge in [-0.2, -0.15) is 0 Å². The average Bonchev–Trinajstić information content (AvgIpc) is 2.62. The molecule has 0 saturated heterocycles. The number of carbonyl (C=O) groups is 1. The highest BCUT2D eigenvalue weighted by Crippen LogP contribution is 2.38. The van der Waals surface area contributed by atoms with Gasteiger partial charge in [0.15, 0.2) is 11.5 Å². The minimum absolute atomic E-state index is 0.120. The number of aryl methyl sites for hydroxylation is 1. The molecule has 0 aromatic heterocycles. The van der Waals surface area contributed by atoms with Gasteiger partial charge in [0.1, 0.15) is 19.0 Å². The van der Waals surface area contributed by atoms with Gasteiger partial charge in [0.05, 0.1) is 17.3 Å². The molecular formula is C19H20ClNO4. The zero-order valence-corrected chi connectivity index (χ0v) is 14.8. The summed E-state index contributed by atoms with van der Waals surface area (Å²) in [5.41, 5.74) is 1.53. The number of rotatable bonds is 6. The molecule has 0 bridgehead atoms. The summed E-state index contributed by atoms with van der Waals surface area (Å²) in [7, 11) is 0. The number of para-hydroxylation sites is 1. The van der Waals surface area contributed by atoms with Gasteiger partial charge in [0.2, 0.25) is 5.91 Å². The molecule has 5 nitrogen and oxygen atoms in total. The van der Waals surface area contributed by atoms with Crippen LogP contribution >= 0.6 is 11.6 Å². The summed E-state index contributed by atoms with van der Waals surface area (Å²) in [6, 6.07) is 11.1. The van der Waals surface area contributed by atoms with Crippen LogP contribution in [0.1, 0.15) is 18.9 Å². The number of nitrogens with one attached hydrogen (secondary N) is 1. The number of benzene rings is 2. The van der Waals surface area contributed by atoms with Gasteiger partial charge in [-0.05, 0) is 25.0 Å². The minimum atomic E-state index is -0.120. The molecule has 0 saturated carbocycles. The molecule has 1 heterocycles. The Labute approximate surface area is 151 Å². The summed E-state index contributed by atoms with van der Waals surface area (Å²) in [6.07, 6.45) is 0.916. The van der Waals surface area contributed by atoms with Crippen LogP contribution in [0.5, 0.6) is 17.2 Å². The Bertz CT molecular complexity index is 763. The first-order valence-corrected chi connectivity index (χ1v) is 8.65. The summed E-state index contributed by atoms with van der Waals surface area (Å²) in [6.45, 7) is 3.51. The topological polar surface area (TPSA) is 56.8 Å². The van der Waals surface area contributed by atoms with E-state index in [-0.39, 0.29) is 5.91 Å². The Morgan fingerprint density at radius 3 is 2.68 bits per heavy atom. The van der Waals surface area contributed by atoms with Crippen molar-refractivity contribution in [2.45, 2.75) is 19.8 Å². The summed E-state index contributed by atoms with van der Waals surface area (Å²) in [5, 5.41) is 3.26. The van der Waals surface area contributed by atoms with Crippen LogP contribution in [0, 0.1) is 0 Å². The number of ether oxygens (including phenoxy) is 3. The van der Waals surface area contributed by atoms with E-state index in [1.165, 1.54) is 0 Å². The van der Waals surface area contributed by atoms with Crippen LogP contribution < -0.4 is 19.5 Å². The second-order valence-electron chi connectivity index (χ2n) is 5.56. The zero-order chi connectivity index (χ0) is 17.6. The van der Waals surface area contributed by atoms with Gasteiger partial charge >= 0.3 is 0 Å². The molecule has 1 aliphatic heterocycles. The molecule has 0 spiro atoms. The lowest BCUT2D eigenvalue weighted by molar-refractivity contribution is -0.116. The SMILES string of the molecule is CCOc1ccccc1CCC(=O)Nc1cc2c(cc1Cl)OCCO2. The van der Waals surface area contributed by atoms with Crippen molar-refractivity contribution in [3.63, 3.8) is 0 Å². The lowest BCUT2D eigenvalue weighted by atomic mass is 10.1.